The lowest BCUT2D eigenvalue weighted by molar-refractivity contribution is 0.0730. The summed E-state index contributed by atoms with van der Waals surface area (Å²) in [6, 6.07) is 14.0. The highest BCUT2D eigenvalue weighted by Gasteiger charge is 2.27. The van der Waals surface area contributed by atoms with Gasteiger partial charge in [-0.25, -0.2) is 13.4 Å². The Morgan fingerprint density at radius 1 is 1.00 bits per heavy atom. The molecule has 5 rings (SSSR count). The predicted octanol–water partition coefficient (Wildman–Crippen LogP) is 3.31. The summed E-state index contributed by atoms with van der Waals surface area (Å²) in [7, 11) is -1.43. The molecule has 0 unspecified atom stereocenters. The number of aryl methyl sites for hydroxylation is 1. The average molecular weight is 498 g/mol. The molecule has 2 saturated heterocycles. The quantitative estimate of drug-likeness (QED) is 0.476. The van der Waals surface area contributed by atoms with Crippen LogP contribution < -0.4 is 4.90 Å². The summed E-state index contributed by atoms with van der Waals surface area (Å²) < 4.78 is 35.3. The minimum atomic E-state index is -3.55. The number of rotatable bonds is 8. The molecular formula is C26H35N5O3S. The molecule has 9 heteroatoms. The van der Waals surface area contributed by atoms with Crippen molar-refractivity contribution < 1.29 is 13.2 Å². The zero-order chi connectivity index (χ0) is 24.4. The van der Waals surface area contributed by atoms with Gasteiger partial charge in [0.05, 0.1) is 35.7 Å². The van der Waals surface area contributed by atoms with Crippen molar-refractivity contribution in [2.24, 2.45) is 0 Å². The van der Waals surface area contributed by atoms with E-state index in [-0.39, 0.29) is 0 Å². The largest absolute Gasteiger partial charge is 0.379 e. The van der Waals surface area contributed by atoms with Crippen LogP contribution in [0.15, 0.2) is 47.4 Å². The molecule has 35 heavy (non-hydrogen) atoms. The molecule has 0 spiro atoms. The van der Waals surface area contributed by atoms with Gasteiger partial charge in [-0.2, -0.15) is 4.31 Å². The Morgan fingerprint density at radius 3 is 2.49 bits per heavy atom. The average Bonchev–Trinajstić information content (AvgIpc) is 3.52. The maximum absolute atomic E-state index is 13.1. The highest BCUT2D eigenvalue weighted by Crippen LogP contribution is 2.27. The number of nitrogens with zero attached hydrogens (tertiary/aromatic N) is 5. The lowest BCUT2D eigenvalue weighted by Gasteiger charge is -2.26. The van der Waals surface area contributed by atoms with E-state index in [4.69, 9.17) is 9.72 Å². The number of para-hydroxylation sites is 1. The summed E-state index contributed by atoms with van der Waals surface area (Å²) in [5.41, 5.74) is 4.35. The molecule has 0 atom stereocenters. The first kappa shape index (κ1) is 24.2. The van der Waals surface area contributed by atoms with Crippen LogP contribution in [-0.4, -0.2) is 73.6 Å². The molecule has 0 bridgehead atoms. The van der Waals surface area contributed by atoms with Crippen molar-refractivity contribution in [2.75, 3.05) is 51.3 Å². The van der Waals surface area contributed by atoms with Crippen LogP contribution in [0.1, 0.15) is 31.2 Å². The van der Waals surface area contributed by atoms with Gasteiger partial charge in [-0.1, -0.05) is 18.2 Å². The zero-order valence-corrected chi connectivity index (χ0v) is 21.5. The van der Waals surface area contributed by atoms with Crippen LogP contribution in [0.4, 0.5) is 5.69 Å². The fourth-order valence-electron chi connectivity index (χ4n) is 5.23. The van der Waals surface area contributed by atoms with Crippen molar-refractivity contribution in [3.63, 3.8) is 0 Å². The van der Waals surface area contributed by atoms with E-state index in [1.165, 1.54) is 28.4 Å². The molecule has 188 valence electrons. The van der Waals surface area contributed by atoms with Gasteiger partial charge in [0.25, 0.3) is 0 Å². The van der Waals surface area contributed by atoms with Crippen LogP contribution in [0, 0.1) is 0 Å². The number of hydrogen-bond donors (Lipinski definition) is 0. The summed E-state index contributed by atoms with van der Waals surface area (Å²) in [5.74, 6) is 0.949. The molecule has 3 aromatic rings. The molecule has 2 fully saturated rings. The number of morpholine rings is 1. The van der Waals surface area contributed by atoms with Gasteiger partial charge in [-0.15, -0.1) is 0 Å². The Kier molecular flexibility index (Phi) is 7.11. The standard InChI is InChI=1S/C26H35N5O3S/c1-3-31-25-11-10-22(35(32,33)30-14-16-34-17-15-30)18-23(25)27-26(31)20-28(2)19-21-8-4-5-9-24(21)29-12-6-7-13-29/h4-5,8-11,18H,3,6-7,12-17,19-20H2,1-2H3. The van der Waals surface area contributed by atoms with Crippen LogP contribution in [0.2, 0.25) is 0 Å². The lowest BCUT2D eigenvalue weighted by Crippen LogP contribution is -2.40. The van der Waals surface area contributed by atoms with Crippen LogP contribution in [0.25, 0.3) is 11.0 Å². The topological polar surface area (TPSA) is 70.9 Å². The minimum Gasteiger partial charge on any atom is -0.379 e. The number of hydrogen-bond acceptors (Lipinski definition) is 6. The van der Waals surface area contributed by atoms with E-state index in [1.807, 2.05) is 6.07 Å². The number of anilines is 1. The Bertz CT molecular complexity index is 1280. The number of imidazole rings is 1. The van der Waals surface area contributed by atoms with Crippen molar-refractivity contribution in [1.29, 1.82) is 0 Å². The second kappa shape index (κ2) is 10.3. The molecule has 3 heterocycles. The lowest BCUT2D eigenvalue weighted by atomic mass is 10.1. The van der Waals surface area contributed by atoms with Gasteiger partial charge in [0.1, 0.15) is 5.82 Å². The highest BCUT2D eigenvalue weighted by atomic mass is 32.2. The third-order valence-corrected chi connectivity index (χ3v) is 8.91. The van der Waals surface area contributed by atoms with E-state index in [0.29, 0.717) is 37.7 Å². The molecule has 0 amide bonds. The minimum absolute atomic E-state index is 0.298. The van der Waals surface area contributed by atoms with Crippen molar-refractivity contribution in [1.82, 2.24) is 18.8 Å². The van der Waals surface area contributed by atoms with Gasteiger partial charge in [0.15, 0.2) is 0 Å². The fourth-order valence-corrected chi connectivity index (χ4v) is 6.66. The van der Waals surface area contributed by atoms with E-state index < -0.39 is 10.0 Å². The maximum atomic E-state index is 13.1. The van der Waals surface area contributed by atoms with Crippen molar-refractivity contribution in [3.8, 4) is 0 Å². The number of aromatic nitrogens is 2. The van der Waals surface area contributed by atoms with E-state index in [2.05, 4.69) is 52.6 Å². The molecule has 0 aliphatic carbocycles. The van der Waals surface area contributed by atoms with Gasteiger partial charge in [0.2, 0.25) is 10.0 Å². The summed E-state index contributed by atoms with van der Waals surface area (Å²) in [4.78, 5) is 9.96. The van der Waals surface area contributed by atoms with Gasteiger partial charge >= 0.3 is 0 Å². The van der Waals surface area contributed by atoms with E-state index in [1.54, 1.807) is 12.1 Å². The molecule has 8 nitrogen and oxygen atoms in total. The van der Waals surface area contributed by atoms with Crippen molar-refractivity contribution in [2.45, 2.75) is 44.3 Å². The molecule has 0 saturated carbocycles. The number of benzene rings is 2. The maximum Gasteiger partial charge on any atom is 0.243 e. The summed E-state index contributed by atoms with van der Waals surface area (Å²) >= 11 is 0. The first-order valence-corrected chi connectivity index (χ1v) is 14.0. The summed E-state index contributed by atoms with van der Waals surface area (Å²) in [6.45, 7) is 8.29. The number of sulfonamides is 1. The van der Waals surface area contributed by atoms with Gasteiger partial charge < -0.3 is 14.2 Å². The highest BCUT2D eigenvalue weighted by molar-refractivity contribution is 7.89. The molecule has 2 aliphatic heterocycles. The Labute approximate surface area is 208 Å². The second-order valence-electron chi connectivity index (χ2n) is 9.43. The number of fused-ring (bicyclic) bond motifs is 1. The molecule has 1 aromatic heterocycles. The monoisotopic (exact) mass is 497 g/mol. The molecule has 2 aliphatic rings. The Hall–Kier alpha value is -2.46. The summed E-state index contributed by atoms with van der Waals surface area (Å²) in [5, 5.41) is 0. The van der Waals surface area contributed by atoms with Gasteiger partial charge in [0, 0.05) is 45.0 Å². The number of ether oxygens (including phenoxy) is 1. The third kappa shape index (κ3) is 4.95. The first-order chi connectivity index (χ1) is 17.0. The third-order valence-electron chi connectivity index (χ3n) is 7.01. The normalized spacial score (nSPS) is 17.6. The van der Waals surface area contributed by atoms with Crippen LogP contribution in [0.3, 0.4) is 0 Å². The van der Waals surface area contributed by atoms with Crippen molar-refractivity contribution in [3.05, 3.63) is 53.9 Å². The zero-order valence-electron chi connectivity index (χ0n) is 20.7. The fraction of sp³-hybridized carbons (Fsp3) is 0.500. The van der Waals surface area contributed by atoms with Crippen LogP contribution in [-0.2, 0) is 34.4 Å². The van der Waals surface area contributed by atoms with E-state index in [9.17, 15) is 8.42 Å². The van der Waals surface area contributed by atoms with Crippen molar-refractivity contribution >= 4 is 26.7 Å². The van der Waals surface area contributed by atoms with Crippen LogP contribution >= 0.6 is 0 Å². The van der Waals surface area contributed by atoms with Crippen LogP contribution in [0.5, 0.6) is 0 Å². The molecular weight excluding hydrogens is 462 g/mol. The smallest absolute Gasteiger partial charge is 0.243 e. The van der Waals surface area contributed by atoms with Gasteiger partial charge in [-0.05, 0) is 56.6 Å². The predicted molar refractivity (Wildman–Crippen MR) is 138 cm³/mol. The summed E-state index contributed by atoms with van der Waals surface area (Å²) in [6.07, 6.45) is 2.52. The van der Waals surface area contributed by atoms with E-state index in [0.717, 1.165) is 43.0 Å². The molecule has 2 aromatic carbocycles. The molecule has 0 radical (unpaired) electrons. The molecule has 0 N–H and O–H groups in total. The Balaban J connectivity index is 1.38. The first-order valence-electron chi connectivity index (χ1n) is 12.6. The Morgan fingerprint density at radius 2 is 1.74 bits per heavy atom. The SMILES string of the molecule is CCn1c(CN(C)Cc2ccccc2N2CCCC2)nc2cc(S(=O)(=O)N3CCOCC3)ccc21. The second-order valence-corrected chi connectivity index (χ2v) is 11.4. The van der Waals surface area contributed by atoms with Gasteiger partial charge in [-0.3, -0.25) is 4.90 Å². The van der Waals surface area contributed by atoms with E-state index >= 15 is 0 Å².